The minimum atomic E-state index is 1.04. The van der Waals surface area contributed by atoms with E-state index in [4.69, 9.17) is 0 Å². The molecule has 0 bridgehead atoms. The Bertz CT molecular complexity index is 201. The summed E-state index contributed by atoms with van der Waals surface area (Å²) >= 11 is 0. The Hall–Kier alpha value is -0.820. The fourth-order valence-corrected chi connectivity index (χ4v) is 1.08. The van der Waals surface area contributed by atoms with Gasteiger partial charge in [-0.2, -0.15) is 0 Å². The molecule has 0 heterocycles. The Labute approximate surface area is 68.2 Å². The average Bonchev–Trinajstić information content (AvgIpc) is 2.04. The molecule has 1 heteroatoms. The van der Waals surface area contributed by atoms with Gasteiger partial charge in [-0.3, -0.25) is 0 Å². The van der Waals surface area contributed by atoms with E-state index in [0.717, 1.165) is 6.54 Å². The Morgan fingerprint density at radius 1 is 1.18 bits per heavy atom. The van der Waals surface area contributed by atoms with Crippen LogP contribution in [0.1, 0.15) is 17.5 Å². The second-order valence-corrected chi connectivity index (χ2v) is 2.94. The number of aryl methyl sites for hydroxylation is 2. The lowest BCUT2D eigenvalue weighted by Gasteiger charge is -1.98. The van der Waals surface area contributed by atoms with Gasteiger partial charge in [0.15, 0.2) is 0 Å². The standard InChI is InChI=1S/C10H15N/c1-9-4-6-10(7-5-9)3-2-8-11/h4-7H,2-3,8,11H2,1H3/p+1. The van der Waals surface area contributed by atoms with E-state index in [1.807, 2.05) is 0 Å². The fraction of sp³-hybridized carbons (Fsp3) is 0.400. The summed E-state index contributed by atoms with van der Waals surface area (Å²) < 4.78 is 0. The topological polar surface area (TPSA) is 27.6 Å². The summed E-state index contributed by atoms with van der Waals surface area (Å²) in [7, 11) is 0. The van der Waals surface area contributed by atoms with Gasteiger partial charge in [-0.15, -0.1) is 0 Å². The van der Waals surface area contributed by atoms with Gasteiger partial charge in [0.2, 0.25) is 0 Å². The zero-order valence-electron chi connectivity index (χ0n) is 7.14. The molecule has 11 heavy (non-hydrogen) atoms. The second-order valence-electron chi connectivity index (χ2n) is 2.94. The molecule has 0 aromatic heterocycles. The molecular weight excluding hydrogens is 134 g/mol. The van der Waals surface area contributed by atoms with E-state index in [-0.39, 0.29) is 0 Å². The van der Waals surface area contributed by atoms with Crippen molar-refractivity contribution in [1.82, 2.24) is 0 Å². The van der Waals surface area contributed by atoms with Gasteiger partial charge in [-0.25, -0.2) is 0 Å². The Kier molecular flexibility index (Phi) is 3.12. The third-order valence-electron chi connectivity index (χ3n) is 1.84. The van der Waals surface area contributed by atoms with Crippen LogP contribution in [-0.4, -0.2) is 6.54 Å². The lowest BCUT2D eigenvalue weighted by molar-refractivity contribution is -0.368. The molecule has 0 saturated heterocycles. The maximum Gasteiger partial charge on any atom is 0.0743 e. The van der Waals surface area contributed by atoms with Crippen molar-refractivity contribution < 1.29 is 5.73 Å². The third-order valence-corrected chi connectivity index (χ3v) is 1.84. The van der Waals surface area contributed by atoms with Crippen molar-refractivity contribution in [2.24, 2.45) is 0 Å². The van der Waals surface area contributed by atoms with E-state index in [0.29, 0.717) is 0 Å². The van der Waals surface area contributed by atoms with E-state index in [9.17, 15) is 0 Å². The molecule has 0 fully saturated rings. The molecule has 60 valence electrons. The third kappa shape index (κ3) is 2.72. The van der Waals surface area contributed by atoms with Crippen molar-refractivity contribution in [3.05, 3.63) is 35.4 Å². The minimum Gasteiger partial charge on any atom is -0.358 e. The first-order valence-electron chi connectivity index (χ1n) is 4.17. The van der Waals surface area contributed by atoms with Gasteiger partial charge in [0.25, 0.3) is 0 Å². The number of hydrogen-bond acceptors (Lipinski definition) is 0. The number of rotatable bonds is 3. The molecule has 3 N–H and O–H groups in total. The molecule has 1 aromatic rings. The van der Waals surface area contributed by atoms with Crippen molar-refractivity contribution >= 4 is 0 Å². The van der Waals surface area contributed by atoms with Gasteiger partial charge in [-0.05, 0) is 18.9 Å². The van der Waals surface area contributed by atoms with Crippen LogP contribution in [0.15, 0.2) is 24.3 Å². The van der Waals surface area contributed by atoms with Gasteiger partial charge in [0.05, 0.1) is 6.54 Å². The first kappa shape index (κ1) is 8.28. The van der Waals surface area contributed by atoms with Gasteiger partial charge in [0.1, 0.15) is 0 Å². The summed E-state index contributed by atoms with van der Waals surface area (Å²) in [6.07, 6.45) is 2.37. The SMILES string of the molecule is Cc1ccc(CCC[NH3+])cc1. The molecule has 1 nitrogen and oxygen atoms in total. The molecule has 0 unspecified atom stereocenters. The van der Waals surface area contributed by atoms with Crippen LogP contribution in [0.5, 0.6) is 0 Å². The van der Waals surface area contributed by atoms with Gasteiger partial charge in [-0.1, -0.05) is 29.8 Å². The molecule has 0 atom stereocenters. The molecule has 0 saturated carbocycles. The van der Waals surface area contributed by atoms with E-state index in [1.54, 1.807) is 0 Å². The van der Waals surface area contributed by atoms with Gasteiger partial charge >= 0.3 is 0 Å². The van der Waals surface area contributed by atoms with E-state index in [1.165, 1.54) is 24.0 Å². The van der Waals surface area contributed by atoms with Crippen molar-refractivity contribution in [3.63, 3.8) is 0 Å². The quantitative estimate of drug-likeness (QED) is 0.670. The highest BCUT2D eigenvalue weighted by Gasteiger charge is 1.91. The molecule has 0 aliphatic heterocycles. The number of quaternary nitrogens is 1. The molecule has 1 rings (SSSR count). The summed E-state index contributed by atoms with van der Waals surface area (Å²) in [4.78, 5) is 0. The molecule has 0 aliphatic carbocycles. The van der Waals surface area contributed by atoms with Crippen LogP contribution in [0.4, 0.5) is 0 Å². The van der Waals surface area contributed by atoms with E-state index in [2.05, 4.69) is 36.9 Å². The number of benzene rings is 1. The normalized spacial score (nSPS) is 10.0. The Morgan fingerprint density at radius 2 is 1.82 bits per heavy atom. The summed E-state index contributed by atoms with van der Waals surface area (Å²) in [5.41, 5.74) is 6.58. The first-order valence-corrected chi connectivity index (χ1v) is 4.17. The van der Waals surface area contributed by atoms with Crippen molar-refractivity contribution in [3.8, 4) is 0 Å². The summed E-state index contributed by atoms with van der Waals surface area (Å²) in [6.45, 7) is 3.15. The second kappa shape index (κ2) is 4.14. The molecule has 0 spiro atoms. The monoisotopic (exact) mass is 150 g/mol. The van der Waals surface area contributed by atoms with Crippen LogP contribution in [0.3, 0.4) is 0 Å². The highest BCUT2D eigenvalue weighted by atomic mass is 14.5. The van der Waals surface area contributed by atoms with Crippen molar-refractivity contribution in [2.75, 3.05) is 6.54 Å². The molecule has 0 radical (unpaired) electrons. The lowest BCUT2D eigenvalue weighted by Crippen LogP contribution is -2.50. The highest BCUT2D eigenvalue weighted by Crippen LogP contribution is 2.04. The predicted molar refractivity (Wildman–Crippen MR) is 47.3 cm³/mol. The minimum absolute atomic E-state index is 1.04. The summed E-state index contributed by atoms with van der Waals surface area (Å²) in [5.74, 6) is 0. The van der Waals surface area contributed by atoms with Gasteiger partial charge < -0.3 is 5.73 Å². The van der Waals surface area contributed by atoms with E-state index < -0.39 is 0 Å². The van der Waals surface area contributed by atoms with Crippen LogP contribution in [0, 0.1) is 6.92 Å². The van der Waals surface area contributed by atoms with Crippen LogP contribution < -0.4 is 5.73 Å². The van der Waals surface area contributed by atoms with Crippen LogP contribution in [-0.2, 0) is 6.42 Å². The first-order chi connectivity index (χ1) is 5.33. The summed E-state index contributed by atoms with van der Waals surface area (Å²) in [5, 5.41) is 0. The Balaban J connectivity index is 2.52. The smallest absolute Gasteiger partial charge is 0.0743 e. The zero-order valence-corrected chi connectivity index (χ0v) is 7.14. The van der Waals surface area contributed by atoms with E-state index >= 15 is 0 Å². The molecular formula is C10H16N+. The maximum absolute atomic E-state index is 3.82. The summed E-state index contributed by atoms with van der Waals surface area (Å²) in [6, 6.07) is 8.73. The predicted octanol–water partition coefficient (Wildman–Crippen LogP) is 1.17. The van der Waals surface area contributed by atoms with Crippen LogP contribution in [0.2, 0.25) is 0 Å². The number of hydrogen-bond donors (Lipinski definition) is 1. The molecule has 1 aromatic carbocycles. The largest absolute Gasteiger partial charge is 0.358 e. The average molecular weight is 150 g/mol. The highest BCUT2D eigenvalue weighted by molar-refractivity contribution is 5.21. The van der Waals surface area contributed by atoms with Crippen molar-refractivity contribution in [1.29, 1.82) is 0 Å². The van der Waals surface area contributed by atoms with Crippen LogP contribution in [0.25, 0.3) is 0 Å². The molecule has 0 aliphatic rings. The van der Waals surface area contributed by atoms with Crippen LogP contribution >= 0.6 is 0 Å². The zero-order chi connectivity index (χ0) is 8.10. The maximum atomic E-state index is 3.82. The van der Waals surface area contributed by atoms with Gasteiger partial charge in [0, 0.05) is 6.42 Å². The van der Waals surface area contributed by atoms with Crippen molar-refractivity contribution in [2.45, 2.75) is 19.8 Å². The Morgan fingerprint density at radius 3 is 2.36 bits per heavy atom. The molecule has 0 amide bonds. The fourth-order valence-electron chi connectivity index (χ4n) is 1.08. The lowest BCUT2D eigenvalue weighted by atomic mass is 10.1.